The van der Waals surface area contributed by atoms with Gasteiger partial charge in [-0.25, -0.2) is 5.06 Å². The molecule has 212 valence electrons. The highest BCUT2D eigenvalue weighted by Gasteiger charge is 2.23. The van der Waals surface area contributed by atoms with Crippen LogP contribution in [0.4, 0.5) is 22.7 Å². The van der Waals surface area contributed by atoms with Gasteiger partial charge in [0.1, 0.15) is 12.4 Å². The van der Waals surface area contributed by atoms with Crippen LogP contribution < -0.4 is 4.90 Å². The number of amidine groups is 1. The van der Waals surface area contributed by atoms with Crippen molar-refractivity contribution in [3.8, 4) is 0 Å². The summed E-state index contributed by atoms with van der Waals surface area (Å²) >= 11 is 0. The number of benzene rings is 5. The van der Waals surface area contributed by atoms with Crippen molar-refractivity contribution in [2.45, 2.75) is 6.92 Å². The van der Waals surface area contributed by atoms with Gasteiger partial charge in [-0.1, -0.05) is 91.0 Å². The molecule has 0 aromatic heterocycles. The number of ether oxygens (including phenoxy) is 1. The van der Waals surface area contributed by atoms with Crippen molar-refractivity contribution >= 4 is 40.6 Å². The second-order valence-electron chi connectivity index (χ2n) is 9.89. The van der Waals surface area contributed by atoms with E-state index in [1.165, 1.54) is 0 Å². The van der Waals surface area contributed by atoms with Crippen LogP contribution in [0.5, 0.6) is 0 Å². The molecule has 0 saturated carbocycles. The van der Waals surface area contributed by atoms with Crippen LogP contribution in [0.1, 0.15) is 28.4 Å². The maximum atomic E-state index is 13.3. The van der Waals surface area contributed by atoms with Crippen molar-refractivity contribution in [3.63, 3.8) is 0 Å². The maximum Gasteiger partial charge on any atom is 0.322 e. The zero-order valence-electron chi connectivity index (χ0n) is 23.8. The van der Waals surface area contributed by atoms with Crippen LogP contribution in [-0.2, 0) is 9.57 Å². The minimum absolute atomic E-state index is 0.101. The van der Waals surface area contributed by atoms with E-state index in [0.717, 1.165) is 22.6 Å². The Morgan fingerprint density at radius 1 is 0.744 bits per heavy atom. The quantitative estimate of drug-likeness (QED) is 0.176. The Labute approximate surface area is 251 Å². The van der Waals surface area contributed by atoms with Crippen molar-refractivity contribution in [1.82, 2.24) is 5.06 Å². The minimum atomic E-state index is -0.101. The number of nitrogens with zero attached hydrogens (tertiary/aromatic N) is 3. The van der Waals surface area contributed by atoms with Crippen LogP contribution in [0.15, 0.2) is 150 Å². The number of aliphatic imine (C=N–C) groups is 1. The van der Waals surface area contributed by atoms with E-state index in [4.69, 9.17) is 14.6 Å². The van der Waals surface area contributed by atoms with Crippen LogP contribution in [0, 0.1) is 0 Å². The normalized spacial score (nSPS) is 14.9. The van der Waals surface area contributed by atoms with E-state index in [1.807, 2.05) is 85.8 Å². The van der Waals surface area contributed by atoms with Crippen LogP contribution in [-0.4, -0.2) is 30.0 Å². The fourth-order valence-corrected chi connectivity index (χ4v) is 4.89. The van der Waals surface area contributed by atoms with E-state index < -0.39 is 0 Å². The third-order valence-corrected chi connectivity index (χ3v) is 6.99. The molecule has 1 aliphatic rings. The molecule has 1 saturated heterocycles. The lowest BCUT2D eigenvalue weighted by molar-refractivity contribution is -0.130. The lowest BCUT2D eigenvalue weighted by atomic mass is 10.0. The Kier molecular flexibility index (Phi) is 8.39. The Bertz CT molecular complexity index is 1700. The first-order chi connectivity index (χ1) is 21.2. The van der Waals surface area contributed by atoms with Crippen molar-refractivity contribution in [3.05, 3.63) is 162 Å². The summed E-state index contributed by atoms with van der Waals surface area (Å²) in [4.78, 5) is 26.2. The molecular weight excluding hydrogens is 534 g/mol. The number of carbonyl (C=O) groups excluding carboxylic acids is 1. The number of para-hydroxylation sites is 3. The number of carbonyl (C=O) groups is 1. The molecule has 0 atom stereocenters. The summed E-state index contributed by atoms with van der Waals surface area (Å²) < 4.78 is 6.24. The second kappa shape index (κ2) is 13.0. The molecular formula is C37H31N3O3. The van der Waals surface area contributed by atoms with Crippen LogP contribution in [0.2, 0.25) is 0 Å². The average molecular weight is 566 g/mol. The Morgan fingerprint density at radius 3 is 1.93 bits per heavy atom. The summed E-state index contributed by atoms with van der Waals surface area (Å²) in [6.45, 7) is 2.75. The van der Waals surface area contributed by atoms with Crippen LogP contribution >= 0.6 is 0 Å². The molecule has 6 nitrogen and oxygen atoms in total. The van der Waals surface area contributed by atoms with Crippen molar-refractivity contribution < 1.29 is 14.4 Å². The van der Waals surface area contributed by atoms with Gasteiger partial charge in [-0.2, -0.15) is 4.99 Å². The summed E-state index contributed by atoms with van der Waals surface area (Å²) in [6, 6.07) is 45.6. The molecule has 0 unspecified atom stereocenters. The SMILES string of the molecule is CCN1OC/C(=C\c2ccc(N(c3ccccc3)c3ccccc3)cc2)OC1=Nc1ccccc1C(=O)c1ccccc1. The van der Waals surface area contributed by atoms with Crippen molar-refractivity contribution in [1.29, 1.82) is 0 Å². The van der Waals surface area contributed by atoms with Gasteiger partial charge in [0.25, 0.3) is 0 Å². The number of hydrogen-bond acceptors (Lipinski definition) is 5. The molecule has 1 heterocycles. The molecule has 6 rings (SSSR count). The fraction of sp³-hybridized carbons (Fsp3) is 0.0811. The highest BCUT2D eigenvalue weighted by atomic mass is 16.7. The predicted octanol–water partition coefficient (Wildman–Crippen LogP) is 8.70. The van der Waals surface area contributed by atoms with E-state index in [9.17, 15) is 4.79 Å². The lowest BCUT2D eigenvalue weighted by Crippen LogP contribution is -2.38. The summed E-state index contributed by atoms with van der Waals surface area (Å²) in [5.41, 5.74) is 5.78. The molecule has 1 aliphatic heterocycles. The van der Waals surface area contributed by atoms with E-state index in [-0.39, 0.29) is 18.4 Å². The summed E-state index contributed by atoms with van der Waals surface area (Å²) in [5.74, 6) is 0.516. The Hall–Kier alpha value is -5.46. The largest absolute Gasteiger partial charge is 0.426 e. The van der Waals surface area contributed by atoms with Crippen LogP contribution in [0.25, 0.3) is 6.08 Å². The fourth-order valence-electron chi connectivity index (χ4n) is 4.89. The summed E-state index contributed by atoms with van der Waals surface area (Å²) in [7, 11) is 0. The highest BCUT2D eigenvalue weighted by molar-refractivity contribution is 6.12. The van der Waals surface area contributed by atoms with Gasteiger partial charge >= 0.3 is 6.02 Å². The molecule has 0 aliphatic carbocycles. The number of hydrogen-bond donors (Lipinski definition) is 0. The number of anilines is 3. The summed E-state index contributed by atoms with van der Waals surface area (Å²) in [6.07, 6.45) is 1.95. The average Bonchev–Trinajstić information content (AvgIpc) is 3.07. The Balaban J connectivity index is 1.27. The van der Waals surface area contributed by atoms with E-state index in [1.54, 1.807) is 23.3 Å². The van der Waals surface area contributed by atoms with E-state index >= 15 is 0 Å². The zero-order valence-corrected chi connectivity index (χ0v) is 23.8. The summed E-state index contributed by atoms with van der Waals surface area (Å²) in [5, 5.41) is 1.60. The number of rotatable bonds is 8. The highest BCUT2D eigenvalue weighted by Crippen LogP contribution is 2.34. The predicted molar refractivity (Wildman–Crippen MR) is 172 cm³/mol. The van der Waals surface area contributed by atoms with Crippen LogP contribution in [0.3, 0.4) is 0 Å². The van der Waals surface area contributed by atoms with Crippen molar-refractivity contribution in [2.24, 2.45) is 4.99 Å². The molecule has 5 aromatic carbocycles. The zero-order chi connectivity index (χ0) is 29.4. The van der Waals surface area contributed by atoms with Crippen molar-refractivity contribution in [2.75, 3.05) is 18.1 Å². The topological polar surface area (TPSA) is 54.4 Å². The molecule has 0 bridgehead atoms. The third-order valence-electron chi connectivity index (χ3n) is 6.99. The van der Waals surface area contributed by atoms with Gasteiger partial charge in [0, 0.05) is 34.7 Å². The molecule has 5 aromatic rings. The third kappa shape index (κ3) is 6.40. The van der Waals surface area contributed by atoms with Gasteiger partial charge in [0.05, 0.1) is 5.69 Å². The first-order valence-corrected chi connectivity index (χ1v) is 14.3. The van der Waals surface area contributed by atoms with Gasteiger partial charge in [-0.15, -0.1) is 0 Å². The lowest BCUT2D eigenvalue weighted by Gasteiger charge is -2.29. The molecule has 6 heteroatoms. The molecule has 0 radical (unpaired) electrons. The first kappa shape index (κ1) is 27.7. The van der Waals surface area contributed by atoms with Gasteiger partial charge in [-0.05, 0) is 67.1 Å². The Morgan fingerprint density at radius 2 is 1.30 bits per heavy atom. The molecule has 0 spiro atoms. The molecule has 43 heavy (non-hydrogen) atoms. The van der Waals surface area contributed by atoms with Gasteiger partial charge in [0.2, 0.25) is 0 Å². The molecule has 1 fully saturated rings. The second-order valence-corrected chi connectivity index (χ2v) is 9.89. The standard InChI is InChI=1S/C37H31N3O3/c1-2-39-37(38-35-21-13-12-20-34(35)36(41)29-14-6-3-7-15-29)43-33(27-42-39)26-28-22-24-32(25-23-28)40(30-16-8-4-9-17-30)31-18-10-5-11-19-31/h3-26H,2,27H2,1H3/b33-26+,38-37?. The smallest absolute Gasteiger partial charge is 0.322 e. The first-order valence-electron chi connectivity index (χ1n) is 14.3. The maximum absolute atomic E-state index is 13.3. The van der Waals surface area contributed by atoms with Gasteiger partial charge < -0.3 is 9.64 Å². The monoisotopic (exact) mass is 565 g/mol. The molecule has 0 amide bonds. The molecule has 0 N–H and O–H groups in total. The van der Waals surface area contributed by atoms with E-state index in [2.05, 4.69) is 53.4 Å². The van der Waals surface area contributed by atoms with E-state index in [0.29, 0.717) is 29.1 Å². The minimum Gasteiger partial charge on any atom is -0.426 e. The van der Waals surface area contributed by atoms with Gasteiger partial charge in [-0.3, -0.25) is 9.63 Å². The van der Waals surface area contributed by atoms with Gasteiger partial charge in [0.15, 0.2) is 5.78 Å². The number of ketones is 1. The number of hydroxylamine groups is 2.